The van der Waals surface area contributed by atoms with E-state index in [0.29, 0.717) is 6.04 Å². The normalized spacial score (nSPS) is 12.3. The second-order valence-corrected chi connectivity index (χ2v) is 6.58. The van der Waals surface area contributed by atoms with E-state index in [1.54, 1.807) is 0 Å². The predicted octanol–water partition coefficient (Wildman–Crippen LogP) is 4.70. The predicted molar refractivity (Wildman–Crippen MR) is 94.1 cm³/mol. The van der Waals surface area contributed by atoms with Crippen LogP contribution in [0.1, 0.15) is 24.0 Å². The number of hydrogen-bond acceptors (Lipinski definition) is 2. The van der Waals surface area contributed by atoms with Crippen molar-refractivity contribution in [2.45, 2.75) is 37.1 Å². The summed E-state index contributed by atoms with van der Waals surface area (Å²) in [5, 5.41) is 3.45. The number of rotatable bonds is 8. The molecule has 112 valence electrons. The molecule has 1 N–H and O–H groups in total. The van der Waals surface area contributed by atoms with Crippen LogP contribution in [0.4, 0.5) is 0 Å². The van der Waals surface area contributed by atoms with Crippen LogP contribution in [0.15, 0.2) is 59.5 Å². The summed E-state index contributed by atoms with van der Waals surface area (Å²) in [6.45, 7) is 2.13. The van der Waals surface area contributed by atoms with Crippen molar-refractivity contribution in [1.29, 1.82) is 0 Å². The fraction of sp³-hybridized carbons (Fsp3) is 0.368. The Hall–Kier alpha value is -1.25. The van der Waals surface area contributed by atoms with Crippen LogP contribution in [0.25, 0.3) is 0 Å². The minimum absolute atomic E-state index is 0.583. The van der Waals surface area contributed by atoms with Crippen LogP contribution >= 0.6 is 11.8 Å². The largest absolute Gasteiger partial charge is 0.316 e. The highest BCUT2D eigenvalue weighted by atomic mass is 32.2. The lowest BCUT2D eigenvalue weighted by Crippen LogP contribution is -2.27. The van der Waals surface area contributed by atoms with E-state index in [1.165, 1.54) is 35.3 Å². The van der Waals surface area contributed by atoms with Crippen LogP contribution in [0.3, 0.4) is 0 Å². The van der Waals surface area contributed by atoms with Gasteiger partial charge < -0.3 is 5.32 Å². The average molecular weight is 299 g/mol. The molecule has 2 heteroatoms. The summed E-state index contributed by atoms with van der Waals surface area (Å²) >= 11 is 1.95. The third-order valence-corrected chi connectivity index (χ3v) is 4.92. The molecule has 0 saturated heterocycles. The zero-order valence-electron chi connectivity index (χ0n) is 13.0. The molecule has 21 heavy (non-hydrogen) atoms. The highest BCUT2D eigenvalue weighted by Crippen LogP contribution is 2.20. The second kappa shape index (κ2) is 8.91. The molecule has 1 unspecified atom stereocenters. The molecule has 0 aromatic heterocycles. The fourth-order valence-electron chi connectivity index (χ4n) is 2.34. The van der Waals surface area contributed by atoms with Crippen molar-refractivity contribution in [2.75, 3.05) is 12.8 Å². The molecule has 0 heterocycles. The van der Waals surface area contributed by atoms with Gasteiger partial charge >= 0.3 is 0 Å². The highest BCUT2D eigenvalue weighted by Gasteiger charge is 2.07. The van der Waals surface area contributed by atoms with E-state index in [4.69, 9.17) is 0 Å². The first-order chi connectivity index (χ1) is 10.3. The monoisotopic (exact) mass is 299 g/mol. The van der Waals surface area contributed by atoms with Gasteiger partial charge in [0.2, 0.25) is 0 Å². The van der Waals surface area contributed by atoms with Gasteiger partial charge in [-0.2, -0.15) is 0 Å². The summed E-state index contributed by atoms with van der Waals surface area (Å²) in [5.41, 5.74) is 2.77. The van der Waals surface area contributed by atoms with Crippen molar-refractivity contribution in [1.82, 2.24) is 5.32 Å². The highest BCUT2D eigenvalue weighted by molar-refractivity contribution is 7.99. The van der Waals surface area contributed by atoms with Gasteiger partial charge in [0.25, 0.3) is 0 Å². The maximum Gasteiger partial charge on any atom is 0.0158 e. The Morgan fingerprint density at radius 1 is 1.00 bits per heavy atom. The molecule has 2 rings (SSSR count). The smallest absolute Gasteiger partial charge is 0.0158 e. The zero-order chi connectivity index (χ0) is 14.9. The van der Waals surface area contributed by atoms with Crippen molar-refractivity contribution < 1.29 is 0 Å². The van der Waals surface area contributed by atoms with Gasteiger partial charge in [0.05, 0.1) is 0 Å². The van der Waals surface area contributed by atoms with Crippen molar-refractivity contribution in [3.05, 3.63) is 65.7 Å². The van der Waals surface area contributed by atoms with Crippen molar-refractivity contribution in [3.8, 4) is 0 Å². The van der Waals surface area contributed by atoms with Gasteiger partial charge in [-0.05, 0) is 50.9 Å². The topological polar surface area (TPSA) is 12.0 Å². The number of nitrogens with one attached hydrogen (secondary N) is 1. The van der Waals surface area contributed by atoms with Gasteiger partial charge in [0, 0.05) is 16.7 Å². The van der Waals surface area contributed by atoms with E-state index in [9.17, 15) is 0 Å². The van der Waals surface area contributed by atoms with Crippen molar-refractivity contribution >= 4 is 11.8 Å². The van der Waals surface area contributed by atoms with Crippen molar-refractivity contribution in [3.63, 3.8) is 0 Å². The lowest BCUT2D eigenvalue weighted by atomic mass is 10.1. The van der Waals surface area contributed by atoms with E-state index in [0.717, 1.165) is 5.75 Å². The lowest BCUT2D eigenvalue weighted by molar-refractivity contribution is 0.549. The molecule has 2 aromatic rings. The third-order valence-electron chi connectivity index (χ3n) is 3.74. The number of thioether (sulfide) groups is 1. The van der Waals surface area contributed by atoms with Crippen LogP contribution in [-0.2, 0) is 6.42 Å². The van der Waals surface area contributed by atoms with Gasteiger partial charge in [-0.25, -0.2) is 0 Å². The molecule has 0 aliphatic heterocycles. The summed E-state index contributed by atoms with van der Waals surface area (Å²) in [6.07, 6.45) is 3.64. The summed E-state index contributed by atoms with van der Waals surface area (Å²) < 4.78 is 0. The summed E-state index contributed by atoms with van der Waals surface area (Å²) in [5.74, 6) is 1.13. The first-order valence-electron chi connectivity index (χ1n) is 7.68. The fourth-order valence-corrected chi connectivity index (χ4v) is 3.40. The summed E-state index contributed by atoms with van der Waals surface area (Å²) in [7, 11) is 2.07. The van der Waals surface area contributed by atoms with E-state index >= 15 is 0 Å². The average Bonchev–Trinajstić information content (AvgIpc) is 2.53. The van der Waals surface area contributed by atoms with E-state index in [-0.39, 0.29) is 0 Å². The molecule has 0 aliphatic rings. The minimum atomic E-state index is 0.583. The van der Waals surface area contributed by atoms with Gasteiger partial charge in [-0.1, -0.05) is 48.0 Å². The standard InChI is InChI=1S/C19H25NS/c1-16-11-13-19(14-12-16)21-15-18(20-2)10-6-9-17-7-4-3-5-8-17/h3-5,7-8,11-14,18,20H,6,9-10,15H2,1-2H3. The lowest BCUT2D eigenvalue weighted by Gasteiger charge is -2.15. The van der Waals surface area contributed by atoms with Gasteiger partial charge in [-0.15, -0.1) is 11.8 Å². The van der Waals surface area contributed by atoms with Gasteiger partial charge in [-0.3, -0.25) is 0 Å². The summed E-state index contributed by atoms with van der Waals surface area (Å²) in [6, 6.07) is 20.2. The Morgan fingerprint density at radius 2 is 1.71 bits per heavy atom. The first kappa shape index (κ1) is 16.1. The second-order valence-electron chi connectivity index (χ2n) is 5.49. The Morgan fingerprint density at radius 3 is 2.38 bits per heavy atom. The molecule has 0 saturated carbocycles. The maximum atomic E-state index is 3.45. The number of benzene rings is 2. The molecule has 1 atom stereocenters. The molecule has 2 aromatic carbocycles. The Labute approximate surface area is 133 Å². The van der Waals surface area contributed by atoms with Crippen LogP contribution in [0.2, 0.25) is 0 Å². The molecule has 0 spiro atoms. The quantitative estimate of drug-likeness (QED) is 0.709. The molecule has 0 fully saturated rings. The Kier molecular flexibility index (Phi) is 6.84. The number of aryl methyl sites for hydroxylation is 2. The minimum Gasteiger partial charge on any atom is -0.316 e. The molecular formula is C19H25NS. The van der Waals surface area contributed by atoms with E-state index < -0.39 is 0 Å². The first-order valence-corrected chi connectivity index (χ1v) is 8.67. The molecular weight excluding hydrogens is 274 g/mol. The molecule has 0 radical (unpaired) electrons. The van der Waals surface area contributed by atoms with E-state index in [1.807, 2.05) is 11.8 Å². The van der Waals surface area contributed by atoms with Gasteiger partial charge in [0.15, 0.2) is 0 Å². The molecule has 0 aliphatic carbocycles. The van der Waals surface area contributed by atoms with Crippen LogP contribution < -0.4 is 5.32 Å². The van der Waals surface area contributed by atoms with Crippen LogP contribution in [-0.4, -0.2) is 18.8 Å². The SMILES string of the molecule is CNC(CCCc1ccccc1)CSc1ccc(C)cc1. The molecule has 1 nitrogen and oxygen atoms in total. The molecule has 0 bridgehead atoms. The van der Waals surface area contributed by atoms with Crippen LogP contribution in [0, 0.1) is 6.92 Å². The van der Waals surface area contributed by atoms with E-state index in [2.05, 4.69) is 73.9 Å². The molecule has 0 amide bonds. The van der Waals surface area contributed by atoms with Gasteiger partial charge in [0.1, 0.15) is 0 Å². The third kappa shape index (κ3) is 5.94. The van der Waals surface area contributed by atoms with Crippen LogP contribution in [0.5, 0.6) is 0 Å². The Balaban J connectivity index is 1.71. The van der Waals surface area contributed by atoms with Crippen molar-refractivity contribution in [2.24, 2.45) is 0 Å². The Bertz CT molecular complexity index is 507. The zero-order valence-corrected chi connectivity index (χ0v) is 13.8. The summed E-state index contributed by atoms with van der Waals surface area (Å²) in [4.78, 5) is 1.36. The maximum absolute atomic E-state index is 3.45. The number of hydrogen-bond donors (Lipinski definition) is 1.